The van der Waals surface area contributed by atoms with E-state index >= 15 is 0 Å². The van der Waals surface area contributed by atoms with Gasteiger partial charge in [-0.05, 0) is 57.2 Å². The zero-order valence-electron chi connectivity index (χ0n) is 13.0. The number of aliphatic hydroxyl groups is 1. The summed E-state index contributed by atoms with van der Waals surface area (Å²) in [4.78, 5) is 2.24. The van der Waals surface area contributed by atoms with Crippen LogP contribution in [-0.2, 0) is 0 Å². The van der Waals surface area contributed by atoms with Crippen molar-refractivity contribution >= 4 is 5.69 Å². The lowest BCUT2D eigenvalue weighted by Gasteiger charge is -2.29. The summed E-state index contributed by atoms with van der Waals surface area (Å²) in [5, 5.41) is 13.2. The van der Waals surface area contributed by atoms with Crippen LogP contribution in [0.4, 0.5) is 5.69 Å². The molecule has 1 aliphatic carbocycles. The topological polar surface area (TPSA) is 35.5 Å². The quantitative estimate of drug-likeness (QED) is 0.867. The predicted octanol–water partition coefficient (Wildman–Crippen LogP) is 3.10. The second kappa shape index (κ2) is 7.09. The molecule has 1 aromatic rings. The second-order valence-corrected chi connectivity index (χ2v) is 6.00. The Morgan fingerprint density at radius 3 is 2.35 bits per heavy atom. The number of hydrogen-bond donors (Lipinski definition) is 2. The number of benzene rings is 1. The first-order valence-electron chi connectivity index (χ1n) is 7.85. The summed E-state index contributed by atoms with van der Waals surface area (Å²) in [5.74, 6) is 0. The summed E-state index contributed by atoms with van der Waals surface area (Å²) in [6.45, 7) is 5.41. The van der Waals surface area contributed by atoms with E-state index in [1.165, 1.54) is 11.3 Å². The van der Waals surface area contributed by atoms with Gasteiger partial charge in [0.1, 0.15) is 0 Å². The molecule has 3 nitrogen and oxygen atoms in total. The monoisotopic (exact) mass is 276 g/mol. The molecule has 0 aromatic heterocycles. The molecule has 0 spiro atoms. The Labute approximate surface area is 123 Å². The summed E-state index contributed by atoms with van der Waals surface area (Å²) in [6, 6.07) is 9.75. The van der Waals surface area contributed by atoms with E-state index in [0.29, 0.717) is 12.1 Å². The second-order valence-electron chi connectivity index (χ2n) is 6.00. The van der Waals surface area contributed by atoms with E-state index < -0.39 is 0 Å². The van der Waals surface area contributed by atoms with Crippen molar-refractivity contribution in [3.63, 3.8) is 0 Å². The molecule has 0 bridgehead atoms. The highest BCUT2D eigenvalue weighted by atomic mass is 16.3. The van der Waals surface area contributed by atoms with Gasteiger partial charge in [0.25, 0.3) is 0 Å². The summed E-state index contributed by atoms with van der Waals surface area (Å²) in [6.07, 6.45) is 3.96. The molecule has 1 atom stereocenters. The Kier molecular flexibility index (Phi) is 5.44. The minimum Gasteiger partial charge on any atom is -0.393 e. The minimum atomic E-state index is -0.0766. The SMILES string of the molecule is CCN(C)c1ccc(C(C)NC2CCC(O)CC2)cc1. The first-order valence-corrected chi connectivity index (χ1v) is 7.85. The number of nitrogens with one attached hydrogen (secondary N) is 1. The highest BCUT2D eigenvalue weighted by Crippen LogP contribution is 2.23. The molecular formula is C17H28N2O. The van der Waals surface area contributed by atoms with Crippen molar-refractivity contribution < 1.29 is 5.11 Å². The molecule has 1 saturated carbocycles. The highest BCUT2D eigenvalue weighted by molar-refractivity contribution is 5.47. The number of rotatable bonds is 5. The Morgan fingerprint density at radius 1 is 1.20 bits per heavy atom. The van der Waals surface area contributed by atoms with Crippen LogP contribution in [0.1, 0.15) is 51.1 Å². The van der Waals surface area contributed by atoms with Gasteiger partial charge in [0.2, 0.25) is 0 Å². The van der Waals surface area contributed by atoms with Crippen molar-refractivity contribution in [2.24, 2.45) is 0 Å². The molecule has 2 rings (SSSR count). The van der Waals surface area contributed by atoms with Gasteiger partial charge in [0, 0.05) is 31.4 Å². The molecule has 1 aromatic carbocycles. The lowest BCUT2D eigenvalue weighted by Crippen LogP contribution is -2.36. The van der Waals surface area contributed by atoms with Gasteiger partial charge >= 0.3 is 0 Å². The Bertz CT molecular complexity index is 396. The molecule has 3 heteroatoms. The largest absolute Gasteiger partial charge is 0.393 e. The molecule has 0 aliphatic heterocycles. The van der Waals surface area contributed by atoms with Crippen LogP contribution in [0.2, 0.25) is 0 Å². The van der Waals surface area contributed by atoms with Crippen LogP contribution in [-0.4, -0.2) is 30.8 Å². The summed E-state index contributed by atoms with van der Waals surface area (Å²) < 4.78 is 0. The van der Waals surface area contributed by atoms with Crippen LogP contribution in [0.5, 0.6) is 0 Å². The van der Waals surface area contributed by atoms with Crippen LogP contribution >= 0.6 is 0 Å². The van der Waals surface area contributed by atoms with E-state index in [-0.39, 0.29) is 6.10 Å². The lowest BCUT2D eigenvalue weighted by atomic mass is 9.92. The summed E-state index contributed by atoms with van der Waals surface area (Å²) >= 11 is 0. The molecule has 0 amide bonds. The number of hydrogen-bond acceptors (Lipinski definition) is 3. The van der Waals surface area contributed by atoms with Crippen molar-refractivity contribution in [2.45, 2.75) is 57.7 Å². The number of aliphatic hydroxyl groups excluding tert-OH is 1. The average molecular weight is 276 g/mol. The van der Waals surface area contributed by atoms with Gasteiger partial charge in [-0.2, -0.15) is 0 Å². The summed E-state index contributed by atoms with van der Waals surface area (Å²) in [7, 11) is 2.12. The van der Waals surface area contributed by atoms with Crippen LogP contribution < -0.4 is 10.2 Å². The van der Waals surface area contributed by atoms with E-state index in [9.17, 15) is 5.11 Å². The van der Waals surface area contributed by atoms with Crippen molar-refractivity contribution in [1.29, 1.82) is 0 Å². The smallest absolute Gasteiger partial charge is 0.0541 e. The molecule has 0 radical (unpaired) electrons. The van der Waals surface area contributed by atoms with Crippen molar-refractivity contribution in [3.05, 3.63) is 29.8 Å². The van der Waals surface area contributed by atoms with Gasteiger partial charge < -0.3 is 15.3 Å². The van der Waals surface area contributed by atoms with E-state index in [0.717, 1.165) is 32.2 Å². The van der Waals surface area contributed by atoms with Crippen LogP contribution in [0.25, 0.3) is 0 Å². The predicted molar refractivity (Wildman–Crippen MR) is 85.2 cm³/mol. The van der Waals surface area contributed by atoms with E-state index in [1.807, 2.05) is 0 Å². The van der Waals surface area contributed by atoms with E-state index in [4.69, 9.17) is 0 Å². The lowest BCUT2D eigenvalue weighted by molar-refractivity contribution is 0.114. The maximum absolute atomic E-state index is 9.55. The van der Waals surface area contributed by atoms with Gasteiger partial charge in [-0.1, -0.05) is 12.1 Å². The minimum absolute atomic E-state index is 0.0766. The molecule has 0 heterocycles. The molecule has 1 unspecified atom stereocenters. The maximum atomic E-state index is 9.55. The van der Waals surface area contributed by atoms with Crippen molar-refractivity contribution in [3.8, 4) is 0 Å². The maximum Gasteiger partial charge on any atom is 0.0541 e. The van der Waals surface area contributed by atoms with Gasteiger partial charge in [0.15, 0.2) is 0 Å². The first-order chi connectivity index (χ1) is 9.60. The molecule has 112 valence electrons. The third-order valence-electron chi connectivity index (χ3n) is 4.49. The fourth-order valence-electron chi connectivity index (χ4n) is 2.89. The molecule has 0 saturated heterocycles. The molecule has 1 fully saturated rings. The van der Waals surface area contributed by atoms with Crippen LogP contribution in [0.3, 0.4) is 0 Å². The van der Waals surface area contributed by atoms with Gasteiger partial charge in [-0.3, -0.25) is 0 Å². The van der Waals surface area contributed by atoms with Gasteiger partial charge in [0.05, 0.1) is 6.10 Å². The zero-order valence-corrected chi connectivity index (χ0v) is 13.0. The standard InChI is InChI=1S/C17H28N2O/c1-4-19(3)16-9-5-14(6-10-16)13(2)18-15-7-11-17(20)12-8-15/h5-6,9-10,13,15,17-18,20H,4,7-8,11-12H2,1-3H3. The molecule has 2 N–H and O–H groups in total. The van der Waals surface area contributed by atoms with Gasteiger partial charge in [-0.15, -0.1) is 0 Å². The third kappa shape index (κ3) is 3.97. The zero-order chi connectivity index (χ0) is 14.5. The Morgan fingerprint density at radius 2 is 1.80 bits per heavy atom. The highest BCUT2D eigenvalue weighted by Gasteiger charge is 2.20. The van der Waals surface area contributed by atoms with Crippen LogP contribution in [0, 0.1) is 0 Å². The van der Waals surface area contributed by atoms with E-state index in [1.54, 1.807) is 0 Å². The van der Waals surface area contributed by atoms with Crippen molar-refractivity contribution in [2.75, 3.05) is 18.5 Å². The van der Waals surface area contributed by atoms with Gasteiger partial charge in [-0.25, -0.2) is 0 Å². The average Bonchev–Trinajstić information content (AvgIpc) is 2.49. The number of nitrogens with zero attached hydrogens (tertiary/aromatic N) is 1. The number of anilines is 1. The summed E-state index contributed by atoms with van der Waals surface area (Å²) in [5.41, 5.74) is 2.61. The fourth-order valence-corrected chi connectivity index (χ4v) is 2.89. The molecule has 1 aliphatic rings. The molecule has 20 heavy (non-hydrogen) atoms. The van der Waals surface area contributed by atoms with Crippen LogP contribution in [0.15, 0.2) is 24.3 Å². The Hall–Kier alpha value is -1.06. The normalized spacial score (nSPS) is 24.4. The fraction of sp³-hybridized carbons (Fsp3) is 0.647. The Balaban J connectivity index is 1.90. The van der Waals surface area contributed by atoms with Crippen molar-refractivity contribution in [1.82, 2.24) is 5.32 Å². The third-order valence-corrected chi connectivity index (χ3v) is 4.49. The molecular weight excluding hydrogens is 248 g/mol. The first kappa shape index (κ1) is 15.3. The van der Waals surface area contributed by atoms with E-state index in [2.05, 4.69) is 55.4 Å².